The second kappa shape index (κ2) is 5.26. The zero-order chi connectivity index (χ0) is 13.5. The average Bonchev–Trinajstić information content (AvgIpc) is 3.23. The standard InChI is InChI=1S/C15H24N4S/c1-2-14-16-15(20-17-14)18-9-7-13-11(10-18)4-3-8-19(13)12-5-6-12/h11-13H,2-10H2,1H3/t11-,13-/m1/s1. The van der Waals surface area contributed by atoms with Crippen molar-refractivity contribution in [3.63, 3.8) is 0 Å². The van der Waals surface area contributed by atoms with Crippen molar-refractivity contribution in [2.75, 3.05) is 24.5 Å². The molecule has 0 bridgehead atoms. The highest BCUT2D eigenvalue weighted by atomic mass is 32.1. The number of aryl methyl sites for hydroxylation is 1. The second-order valence-corrected chi connectivity index (χ2v) is 7.25. The van der Waals surface area contributed by atoms with Gasteiger partial charge in [-0.2, -0.15) is 4.37 Å². The van der Waals surface area contributed by atoms with Gasteiger partial charge in [0, 0.05) is 43.1 Å². The summed E-state index contributed by atoms with van der Waals surface area (Å²) in [6.45, 7) is 5.85. The van der Waals surface area contributed by atoms with Crippen LogP contribution in [0.15, 0.2) is 0 Å². The Kier molecular flexibility index (Phi) is 3.42. The summed E-state index contributed by atoms with van der Waals surface area (Å²) < 4.78 is 4.45. The van der Waals surface area contributed by atoms with E-state index in [9.17, 15) is 0 Å². The Morgan fingerprint density at radius 1 is 1.20 bits per heavy atom. The molecule has 0 aromatic carbocycles. The SMILES string of the molecule is CCc1nsc(N2CC[C@@H]3[C@H](CCCN3C3CC3)C2)n1. The Bertz CT molecular complexity index is 470. The van der Waals surface area contributed by atoms with Crippen molar-refractivity contribution in [2.24, 2.45) is 5.92 Å². The molecule has 2 atom stereocenters. The van der Waals surface area contributed by atoms with Gasteiger partial charge in [-0.1, -0.05) is 6.92 Å². The van der Waals surface area contributed by atoms with Crippen molar-refractivity contribution in [1.29, 1.82) is 0 Å². The third kappa shape index (κ3) is 2.35. The van der Waals surface area contributed by atoms with Crippen molar-refractivity contribution in [2.45, 2.75) is 57.5 Å². The number of anilines is 1. The molecule has 1 aromatic rings. The lowest BCUT2D eigenvalue weighted by molar-refractivity contribution is 0.0698. The summed E-state index contributed by atoms with van der Waals surface area (Å²) in [6.07, 6.45) is 7.96. The Morgan fingerprint density at radius 3 is 2.85 bits per heavy atom. The first kappa shape index (κ1) is 13.0. The third-order valence-corrected chi connectivity index (χ3v) is 5.99. The predicted molar refractivity (Wildman–Crippen MR) is 82.4 cm³/mol. The Balaban J connectivity index is 1.46. The van der Waals surface area contributed by atoms with Gasteiger partial charge in [-0.25, -0.2) is 4.98 Å². The summed E-state index contributed by atoms with van der Waals surface area (Å²) >= 11 is 1.59. The minimum atomic E-state index is 0.853. The van der Waals surface area contributed by atoms with E-state index in [1.54, 1.807) is 11.5 Å². The van der Waals surface area contributed by atoms with E-state index in [2.05, 4.69) is 26.1 Å². The third-order valence-electron chi connectivity index (χ3n) is 5.17. The summed E-state index contributed by atoms with van der Waals surface area (Å²) in [6, 6.07) is 1.79. The molecule has 0 unspecified atom stereocenters. The highest BCUT2D eigenvalue weighted by Gasteiger charge is 2.42. The molecule has 3 heterocycles. The van der Waals surface area contributed by atoms with Gasteiger partial charge in [-0.3, -0.25) is 4.90 Å². The predicted octanol–water partition coefficient (Wildman–Crippen LogP) is 2.55. The molecule has 110 valence electrons. The molecule has 0 amide bonds. The fourth-order valence-electron chi connectivity index (χ4n) is 3.99. The minimum Gasteiger partial charge on any atom is -0.346 e. The van der Waals surface area contributed by atoms with Gasteiger partial charge in [0.15, 0.2) is 0 Å². The van der Waals surface area contributed by atoms with Crippen molar-refractivity contribution >= 4 is 16.7 Å². The number of nitrogens with zero attached hydrogens (tertiary/aromatic N) is 4. The summed E-state index contributed by atoms with van der Waals surface area (Å²) in [4.78, 5) is 10.0. The molecule has 1 aliphatic carbocycles. The fraction of sp³-hybridized carbons (Fsp3) is 0.867. The highest BCUT2D eigenvalue weighted by Crippen LogP contribution is 2.39. The van der Waals surface area contributed by atoms with E-state index in [0.29, 0.717) is 0 Å². The Hall–Kier alpha value is -0.680. The van der Waals surface area contributed by atoms with Crippen LogP contribution in [-0.2, 0) is 6.42 Å². The van der Waals surface area contributed by atoms with Crippen LogP contribution in [0.1, 0.15) is 44.9 Å². The molecular formula is C15H24N4S. The maximum Gasteiger partial charge on any atom is 0.205 e. The van der Waals surface area contributed by atoms with Gasteiger partial charge in [0.1, 0.15) is 5.82 Å². The van der Waals surface area contributed by atoms with Gasteiger partial charge >= 0.3 is 0 Å². The lowest BCUT2D eigenvalue weighted by Crippen LogP contribution is -2.54. The molecule has 0 N–H and O–H groups in total. The van der Waals surface area contributed by atoms with E-state index in [-0.39, 0.29) is 0 Å². The van der Waals surface area contributed by atoms with Crippen molar-refractivity contribution in [3.05, 3.63) is 5.82 Å². The number of hydrogen-bond acceptors (Lipinski definition) is 5. The van der Waals surface area contributed by atoms with Crippen LogP contribution in [0.25, 0.3) is 0 Å². The topological polar surface area (TPSA) is 32.3 Å². The molecule has 2 aliphatic heterocycles. The van der Waals surface area contributed by atoms with Crippen molar-refractivity contribution < 1.29 is 0 Å². The van der Waals surface area contributed by atoms with Crippen LogP contribution in [0, 0.1) is 5.92 Å². The molecule has 3 fully saturated rings. The van der Waals surface area contributed by atoms with Gasteiger partial charge in [-0.05, 0) is 44.6 Å². The first-order valence-corrected chi connectivity index (χ1v) is 8.95. The van der Waals surface area contributed by atoms with Crippen LogP contribution < -0.4 is 4.90 Å². The van der Waals surface area contributed by atoms with E-state index in [0.717, 1.165) is 35.4 Å². The molecule has 5 heteroatoms. The first-order chi connectivity index (χ1) is 9.85. The Morgan fingerprint density at radius 2 is 2.10 bits per heavy atom. The van der Waals surface area contributed by atoms with E-state index in [4.69, 9.17) is 0 Å². The van der Waals surface area contributed by atoms with E-state index < -0.39 is 0 Å². The maximum absolute atomic E-state index is 4.68. The first-order valence-electron chi connectivity index (χ1n) is 8.18. The number of fused-ring (bicyclic) bond motifs is 1. The van der Waals surface area contributed by atoms with Crippen molar-refractivity contribution in [3.8, 4) is 0 Å². The van der Waals surface area contributed by atoms with E-state index in [1.165, 1.54) is 51.7 Å². The monoisotopic (exact) mass is 292 g/mol. The second-order valence-electron chi connectivity index (χ2n) is 6.52. The van der Waals surface area contributed by atoms with Gasteiger partial charge in [-0.15, -0.1) is 0 Å². The molecule has 2 saturated heterocycles. The molecule has 1 saturated carbocycles. The summed E-state index contributed by atoms with van der Waals surface area (Å²) in [7, 11) is 0. The molecule has 1 aromatic heterocycles. The Labute approximate surface area is 125 Å². The number of aromatic nitrogens is 2. The number of piperidine rings is 2. The van der Waals surface area contributed by atoms with Crippen LogP contribution in [0.2, 0.25) is 0 Å². The smallest absolute Gasteiger partial charge is 0.205 e. The quantitative estimate of drug-likeness (QED) is 0.857. The zero-order valence-corrected chi connectivity index (χ0v) is 13.1. The van der Waals surface area contributed by atoms with Crippen LogP contribution in [-0.4, -0.2) is 46.0 Å². The van der Waals surface area contributed by atoms with Crippen LogP contribution in [0.4, 0.5) is 5.13 Å². The summed E-state index contributed by atoms with van der Waals surface area (Å²) in [5.74, 6) is 1.86. The van der Waals surface area contributed by atoms with Gasteiger partial charge in [0.05, 0.1) is 0 Å². The van der Waals surface area contributed by atoms with Gasteiger partial charge in [0.25, 0.3) is 0 Å². The number of hydrogen-bond donors (Lipinski definition) is 0. The fourth-order valence-corrected chi connectivity index (χ4v) is 4.78. The molecule has 4 rings (SSSR count). The van der Waals surface area contributed by atoms with Crippen LogP contribution in [0.5, 0.6) is 0 Å². The molecule has 0 radical (unpaired) electrons. The normalized spacial score (nSPS) is 31.4. The zero-order valence-electron chi connectivity index (χ0n) is 12.3. The lowest BCUT2D eigenvalue weighted by Gasteiger charge is -2.47. The molecular weight excluding hydrogens is 268 g/mol. The molecule has 3 aliphatic rings. The van der Waals surface area contributed by atoms with Crippen LogP contribution in [0.3, 0.4) is 0 Å². The molecule has 4 nitrogen and oxygen atoms in total. The van der Waals surface area contributed by atoms with Crippen LogP contribution >= 0.6 is 11.5 Å². The van der Waals surface area contributed by atoms with E-state index >= 15 is 0 Å². The maximum atomic E-state index is 4.68. The largest absolute Gasteiger partial charge is 0.346 e. The molecule has 20 heavy (non-hydrogen) atoms. The number of likely N-dealkylation sites (tertiary alicyclic amines) is 1. The number of rotatable bonds is 3. The van der Waals surface area contributed by atoms with Gasteiger partial charge < -0.3 is 4.90 Å². The van der Waals surface area contributed by atoms with Gasteiger partial charge in [0.2, 0.25) is 5.13 Å². The van der Waals surface area contributed by atoms with E-state index in [1.807, 2.05) is 0 Å². The lowest BCUT2D eigenvalue weighted by atomic mass is 9.84. The summed E-state index contributed by atoms with van der Waals surface area (Å²) in [5.41, 5.74) is 0. The minimum absolute atomic E-state index is 0.853. The van der Waals surface area contributed by atoms with Crippen molar-refractivity contribution in [1.82, 2.24) is 14.3 Å². The summed E-state index contributed by atoms with van der Waals surface area (Å²) in [5, 5.41) is 1.16. The molecule has 0 spiro atoms. The highest BCUT2D eigenvalue weighted by molar-refractivity contribution is 7.09. The average molecular weight is 292 g/mol.